The number of carboxylic acid groups (broad SMARTS) is 1. The number of imidazole rings is 1. The normalized spacial score (nSPS) is 12.3. The van der Waals surface area contributed by atoms with E-state index in [9.17, 15) is 13.2 Å². The van der Waals surface area contributed by atoms with E-state index in [4.69, 9.17) is 5.11 Å². The molecule has 0 bridgehead atoms. The minimum atomic E-state index is -3.86. The average molecular weight is 290 g/mol. The third kappa shape index (κ3) is 4.30. The predicted molar refractivity (Wildman–Crippen MR) is 68.3 cm³/mol. The molecule has 1 aromatic heterocycles. The molecule has 0 atom stereocenters. The van der Waals surface area contributed by atoms with Crippen molar-refractivity contribution in [2.75, 3.05) is 33.7 Å². The van der Waals surface area contributed by atoms with Gasteiger partial charge in [0.15, 0.2) is 5.03 Å². The van der Waals surface area contributed by atoms with Crippen LogP contribution in [-0.4, -0.2) is 72.4 Å². The molecular weight excluding hydrogens is 272 g/mol. The van der Waals surface area contributed by atoms with Crippen molar-refractivity contribution in [2.24, 2.45) is 0 Å². The molecule has 0 amide bonds. The zero-order valence-corrected chi connectivity index (χ0v) is 11.9. The highest BCUT2D eigenvalue weighted by Gasteiger charge is 2.27. The Balaban J connectivity index is 2.98. The molecule has 0 saturated heterocycles. The minimum Gasteiger partial charge on any atom is -0.480 e. The maximum Gasteiger partial charge on any atom is 0.318 e. The highest BCUT2D eigenvalue weighted by molar-refractivity contribution is 7.89. The van der Waals surface area contributed by atoms with Crippen LogP contribution in [0.25, 0.3) is 0 Å². The summed E-state index contributed by atoms with van der Waals surface area (Å²) in [5.74, 6) is -0.736. The van der Waals surface area contributed by atoms with Gasteiger partial charge in [-0.3, -0.25) is 4.79 Å². The molecule has 0 aliphatic rings. The van der Waals surface area contributed by atoms with Gasteiger partial charge in [0.2, 0.25) is 0 Å². The maximum absolute atomic E-state index is 12.3. The van der Waals surface area contributed by atoms with E-state index in [2.05, 4.69) is 9.97 Å². The second-order valence-electron chi connectivity index (χ2n) is 4.37. The van der Waals surface area contributed by atoms with Crippen LogP contribution in [0.2, 0.25) is 0 Å². The van der Waals surface area contributed by atoms with Crippen LogP contribution >= 0.6 is 0 Å². The molecule has 0 spiro atoms. The third-order valence-electron chi connectivity index (χ3n) is 2.41. The number of carboxylic acids is 1. The first-order valence-corrected chi connectivity index (χ1v) is 7.05. The van der Waals surface area contributed by atoms with Crippen LogP contribution in [-0.2, 0) is 14.8 Å². The average Bonchev–Trinajstić information content (AvgIpc) is 2.70. The molecule has 1 aromatic rings. The SMILES string of the molecule is Cc1ncc(S(=O)(=O)N(CCN(C)C)CC(=O)O)[nH]1. The number of sulfonamides is 1. The molecule has 0 unspecified atom stereocenters. The summed E-state index contributed by atoms with van der Waals surface area (Å²) in [5, 5.41) is 8.73. The Morgan fingerprint density at radius 3 is 2.47 bits per heavy atom. The minimum absolute atomic E-state index is 0.0926. The first-order valence-electron chi connectivity index (χ1n) is 5.61. The monoisotopic (exact) mass is 290 g/mol. The second-order valence-corrected chi connectivity index (χ2v) is 6.27. The molecule has 9 heteroatoms. The van der Waals surface area contributed by atoms with Crippen molar-refractivity contribution in [1.82, 2.24) is 19.2 Å². The molecule has 0 aliphatic carbocycles. The van der Waals surface area contributed by atoms with Crippen molar-refractivity contribution in [3.8, 4) is 0 Å². The predicted octanol–water partition coefficient (Wildman–Crippen LogP) is -0.645. The van der Waals surface area contributed by atoms with Gasteiger partial charge in [-0.2, -0.15) is 4.31 Å². The lowest BCUT2D eigenvalue weighted by molar-refractivity contribution is -0.137. The highest BCUT2D eigenvalue weighted by atomic mass is 32.2. The number of hydrogen-bond acceptors (Lipinski definition) is 5. The van der Waals surface area contributed by atoms with E-state index in [-0.39, 0.29) is 11.6 Å². The maximum atomic E-state index is 12.3. The fourth-order valence-electron chi connectivity index (χ4n) is 1.42. The summed E-state index contributed by atoms with van der Waals surface area (Å²) in [4.78, 5) is 19.0. The molecule has 108 valence electrons. The van der Waals surface area contributed by atoms with Crippen molar-refractivity contribution < 1.29 is 18.3 Å². The highest BCUT2D eigenvalue weighted by Crippen LogP contribution is 2.13. The summed E-state index contributed by atoms with van der Waals surface area (Å²) < 4.78 is 25.5. The molecule has 0 radical (unpaired) electrons. The Bertz CT molecular complexity index is 537. The van der Waals surface area contributed by atoms with E-state index in [1.165, 1.54) is 6.20 Å². The summed E-state index contributed by atoms with van der Waals surface area (Å²) in [7, 11) is -0.296. The van der Waals surface area contributed by atoms with Crippen molar-refractivity contribution in [1.29, 1.82) is 0 Å². The van der Waals surface area contributed by atoms with E-state index >= 15 is 0 Å². The number of likely N-dealkylation sites (N-methyl/N-ethyl adjacent to an activating group) is 1. The Labute approximate surface area is 112 Å². The number of carbonyl (C=O) groups is 1. The van der Waals surface area contributed by atoms with Crippen LogP contribution in [0.1, 0.15) is 5.82 Å². The zero-order chi connectivity index (χ0) is 14.6. The van der Waals surface area contributed by atoms with Gasteiger partial charge in [0, 0.05) is 13.1 Å². The van der Waals surface area contributed by atoms with Gasteiger partial charge in [0.25, 0.3) is 10.0 Å². The van der Waals surface area contributed by atoms with Gasteiger partial charge in [-0.25, -0.2) is 13.4 Å². The van der Waals surface area contributed by atoms with E-state index < -0.39 is 22.5 Å². The number of rotatable bonds is 7. The van der Waals surface area contributed by atoms with E-state index in [1.54, 1.807) is 25.9 Å². The largest absolute Gasteiger partial charge is 0.480 e. The molecule has 0 saturated carbocycles. The van der Waals surface area contributed by atoms with Crippen molar-refractivity contribution in [3.05, 3.63) is 12.0 Å². The topological polar surface area (TPSA) is 107 Å². The Morgan fingerprint density at radius 2 is 2.05 bits per heavy atom. The van der Waals surface area contributed by atoms with E-state index in [1.807, 2.05) is 0 Å². The summed E-state index contributed by atoms with van der Waals surface area (Å²) in [5.41, 5.74) is 0. The van der Waals surface area contributed by atoms with Crippen LogP contribution in [0.3, 0.4) is 0 Å². The van der Waals surface area contributed by atoms with Gasteiger partial charge in [0.05, 0.1) is 6.20 Å². The van der Waals surface area contributed by atoms with Crippen molar-refractivity contribution in [2.45, 2.75) is 11.9 Å². The molecule has 0 fully saturated rings. The van der Waals surface area contributed by atoms with Crippen LogP contribution in [0.15, 0.2) is 11.2 Å². The lowest BCUT2D eigenvalue weighted by Gasteiger charge is -2.21. The zero-order valence-electron chi connectivity index (χ0n) is 11.1. The Hall–Kier alpha value is -1.45. The molecule has 0 aromatic carbocycles. The van der Waals surface area contributed by atoms with Crippen molar-refractivity contribution in [3.63, 3.8) is 0 Å². The lowest BCUT2D eigenvalue weighted by atomic mass is 10.5. The molecule has 1 heterocycles. The van der Waals surface area contributed by atoms with Crippen LogP contribution in [0, 0.1) is 6.92 Å². The number of aromatic amines is 1. The van der Waals surface area contributed by atoms with Gasteiger partial charge >= 0.3 is 5.97 Å². The smallest absolute Gasteiger partial charge is 0.318 e. The Kier molecular flexibility index (Phi) is 5.04. The summed E-state index contributed by atoms with van der Waals surface area (Å²) in [6.07, 6.45) is 1.19. The molecule has 0 aliphatic heterocycles. The summed E-state index contributed by atoms with van der Waals surface area (Å²) in [6.45, 7) is 1.58. The summed E-state index contributed by atoms with van der Waals surface area (Å²) in [6, 6.07) is 0. The second kappa shape index (κ2) is 6.13. The first-order chi connectivity index (χ1) is 8.73. The summed E-state index contributed by atoms with van der Waals surface area (Å²) >= 11 is 0. The standard InChI is InChI=1S/C10H18N4O4S/c1-8-11-6-9(12-8)19(17,18)14(7-10(15)16)5-4-13(2)3/h6H,4-5,7H2,1-3H3,(H,11,12)(H,15,16). The molecule has 2 N–H and O–H groups in total. The molecule has 19 heavy (non-hydrogen) atoms. The first kappa shape index (κ1) is 15.6. The van der Waals surface area contributed by atoms with Gasteiger partial charge in [0.1, 0.15) is 12.4 Å². The number of nitrogens with zero attached hydrogens (tertiary/aromatic N) is 3. The van der Waals surface area contributed by atoms with E-state index in [0.29, 0.717) is 12.4 Å². The number of aliphatic carboxylic acids is 1. The van der Waals surface area contributed by atoms with Crippen LogP contribution in [0.4, 0.5) is 0 Å². The fraction of sp³-hybridized carbons (Fsp3) is 0.600. The van der Waals surface area contributed by atoms with Crippen LogP contribution < -0.4 is 0 Å². The van der Waals surface area contributed by atoms with Gasteiger partial charge in [-0.05, 0) is 21.0 Å². The fourth-order valence-corrected chi connectivity index (χ4v) is 2.76. The van der Waals surface area contributed by atoms with Crippen LogP contribution in [0.5, 0.6) is 0 Å². The third-order valence-corrected chi connectivity index (χ3v) is 4.16. The number of aromatic nitrogens is 2. The molecule has 1 rings (SSSR count). The molecular formula is C10H18N4O4S. The Morgan fingerprint density at radius 1 is 1.42 bits per heavy atom. The van der Waals surface area contributed by atoms with Gasteiger partial charge in [-0.15, -0.1) is 0 Å². The quantitative estimate of drug-likeness (QED) is 0.691. The van der Waals surface area contributed by atoms with Gasteiger partial charge in [-0.1, -0.05) is 0 Å². The number of hydrogen-bond donors (Lipinski definition) is 2. The number of aryl methyl sites for hydroxylation is 1. The van der Waals surface area contributed by atoms with Crippen molar-refractivity contribution >= 4 is 16.0 Å². The van der Waals surface area contributed by atoms with Gasteiger partial charge < -0.3 is 15.0 Å². The molecule has 8 nitrogen and oxygen atoms in total. The number of H-pyrrole nitrogens is 1. The number of nitrogens with one attached hydrogen (secondary N) is 1. The lowest BCUT2D eigenvalue weighted by Crippen LogP contribution is -2.40. The van der Waals surface area contributed by atoms with E-state index in [0.717, 1.165) is 4.31 Å².